The van der Waals surface area contributed by atoms with Gasteiger partial charge in [0.2, 0.25) is 5.91 Å². The van der Waals surface area contributed by atoms with Gasteiger partial charge < -0.3 is 14.2 Å². The zero-order valence-electron chi connectivity index (χ0n) is 15.1. The molecule has 3 aromatic rings. The summed E-state index contributed by atoms with van der Waals surface area (Å²) in [6.07, 6.45) is 4.07. The van der Waals surface area contributed by atoms with Gasteiger partial charge >= 0.3 is 0 Å². The Hall–Kier alpha value is -2.67. The van der Waals surface area contributed by atoms with Crippen molar-refractivity contribution in [2.75, 3.05) is 19.7 Å². The summed E-state index contributed by atoms with van der Waals surface area (Å²) >= 11 is 0. The van der Waals surface area contributed by atoms with E-state index in [-0.39, 0.29) is 12.0 Å². The summed E-state index contributed by atoms with van der Waals surface area (Å²) in [7, 11) is 1.96. The topological polar surface area (TPSA) is 65.2 Å². The Morgan fingerprint density at radius 1 is 1.35 bits per heavy atom. The zero-order valence-corrected chi connectivity index (χ0v) is 15.1. The number of ether oxygens (including phenoxy) is 1. The molecule has 0 radical (unpaired) electrons. The van der Waals surface area contributed by atoms with Crippen LogP contribution < -0.4 is 0 Å². The number of aryl methyl sites for hydroxylation is 3. The van der Waals surface area contributed by atoms with Crippen molar-refractivity contribution in [3.8, 4) is 0 Å². The van der Waals surface area contributed by atoms with E-state index >= 15 is 0 Å². The summed E-state index contributed by atoms with van der Waals surface area (Å²) in [5, 5.41) is 5.49. The molecule has 1 aliphatic heterocycles. The second-order valence-electron chi connectivity index (χ2n) is 6.73. The van der Waals surface area contributed by atoms with Gasteiger partial charge in [0.25, 0.3) is 0 Å². The summed E-state index contributed by atoms with van der Waals surface area (Å²) in [4.78, 5) is 19.1. The van der Waals surface area contributed by atoms with Gasteiger partial charge in [0.05, 0.1) is 37.1 Å². The minimum Gasteiger partial charge on any atom is -0.367 e. The monoisotopic (exact) mass is 353 g/mol. The van der Waals surface area contributed by atoms with Crippen LogP contribution in [-0.4, -0.2) is 49.8 Å². The van der Waals surface area contributed by atoms with Gasteiger partial charge in [0, 0.05) is 31.6 Å². The van der Waals surface area contributed by atoms with Gasteiger partial charge in [-0.25, -0.2) is 4.98 Å². The first-order chi connectivity index (χ1) is 12.6. The Bertz CT molecular complexity index is 929. The number of nitrogens with zero attached hydrogens (tertiary/aromatic N) is 5. The van der Waals surface area contributed by atoms with Gasteiger partial charge in [-0.3, -0.25) is 9.48 Å². The molecule has 1 saturated heterocycles. The van der Waals surface area contributed by atoms with Crippen molar-refractivity contribution in [3.05, 3.63) is 48.2 Å². The molecule has 4 rings (SSSR count). The molecular weight excluding hydrogens is 330 g/mol. The van der Waals surface area contributed by atoms with Crippen molar-refractivity contribution in [3.63, 3.8) is 0 Å². The molecule has 0 spiro atoms. The standard InChI is InChI=1S/C19H23N5O2/c1-14-12-22(2)19(21-14)17-13-23(9-10-26-17)18(25)7-8-24-16-6-4-3-5-15(16)11-20-24/h3-6,11-12,17H,7-10,13H2,1-2H3/t17-/m0/s1. The first-order valence-electron chi connectivity index (χ1n) is 8.91. The largest absolute Gasteiger partial charge is 0.367 e. The summed E-state index contributed by atoms with van der Waals surface area (Å²) in [6.45, 7) is 4.24. The van der Waals surface area contributed by atoms with Crippen molar-refractivity contribution < 1.29 is 9.53 Å². The number of carbonyl (C=O) groups is 1. The van der Waals surface area contributed by atoms with Gasteiger partial charge in [-0.15, -0.1) is 0 Å². The van der Waals surface area contributed by atoms with Crippen LogP contribution in [0.4, 0.5) is 0 Å². The molecular formula is C19H23N5O2. The summed E-state index contributed by atoms with van der Waals surface area (Å²) in [5.41, 5.74) is 2.02. The van der Waals surface area contributed by atoms with E-state index in [0.717, 1.165) is 22.4 Å². The van der Waals surface area contributed by atoms with Crippen LogP contribution in [0.2, 0.25) is 0 Å². The number of carbonyl (C=O) groups excluding carboxylic acids is 1. The lowest BCUT2D eigenvalue weighted by atomic mass is 10.2. The number of morpholine rings is 1. The summed E-state index contributed by atoms with van der Waals surface area (Å²) in [5.74, 6) is 1.00. The van der Waals surface area contributed by atoms with E-state index in [0.29, 0.717) is 32.7 Å². The maximum atomic E-state index is 12.7. The van der Waals surface area contributed by atoms with Crippen LogP contribution in [0.15, 0.2) is 36.7 Å². The number of amides is 1. The summed E-state index contributed by atoms with van der Waals surface area (Å²) < 4.78 is 9.72. The predicted octanol–water partition coefficient (Wildman–Crippen LogP) is 2.07. The fourth-order valence-electron chi connectivity index (χ4n) is 3.53. The third-order valence-corrected chi connectivity index (χ3v) is 4.83. The Labute approximate surface area is 152 Å². The number of fused-ring (bicyclic) bond motifs is 1. The highest BCUT2D eigenvalue weighted by Crippen LogP contribution is 2.22. The van der Waals surface area contributed by atoms with E-state index in [9.17, 15) is 4.79 Å². The van der Waals surface area contributed by atoms with Gasteiger partial charge in [-0.2, -0.15) is 5.10 Å². The fourth-order valence-corrected chi connectivity index (χ4v) is 3.53. The minimum absolute atomic E-state index is 0.129. The van der Waals surface area contributed by atoms with Crippen molar-refractivity contribution in [2.24, 2.45) is 7.05 Å². The second kappa shape index (κ2) is 6.92. The van der Waals surface area contributed by atoms with E-state index in [1.165, 1.54) is 0 Å². The lowest BCUT2D eigenvalue weighted by Gasteiger charge is -2.32. The van der Waals surface area contributed by atoms with E-state index in [4.69, 9.17) is 4.74 Å². The molecule has 136 valence electrons. The van der Waals surface area contributed by atoms with Gasteiger partial charge in [0.1, 0.15) is 11.9 Å². The molecule has 0 bridgehead atoms. The fraction of sp³-hybridized carbons (Fsp3) is 0.421. The number of imidazole rings is 1. The number of benzene rings is 1. The Kier molecular flexibility index (Phi) is 4.46. The number of hydrogen-bond acceptors (Lipinski definition) is 4. The van der Waals surface area contributed by atoms with E-state index in [1.807, 2.05) is 64.8 Å². The quantitative estimate of drug-likeness (QED) is 0.720. The molecule has 2 aromatic heterocycles. The van der Waals surface area contributed by atoms with Crippen LogP contribution in [0.25, 0.3) is 10.9 Å². The number of hydrogen-bond donors (Lipinski definition) is 0. The molecule has 3 heterocycles. The molecule has 1 atom stereocenters. The van der Waals surface area contributed by atoms with Crippen molar-refractivity contribution >= 4 is 16.8 Å². The van der Waals surface area contributed by atoms with E-state index in [2.05, 4.69) is 10.1 Å². The van der Waals surface area contributed by atoms with Gasteiger partial charge in [-0.1, -0.05) is 18.2 Å². The van der Waals surface area contributed by atoms with Crippen LogP contribution >= 0.6 is 0 Å². The molecule has 1 aliphatic rings. The highest BCUT2D eigenvalue weighted by atomic mass is 16.5. The van der Waals surface area contributed by atoms with E-state index in [1.54, 1.807) is 0 Å². The molecule has 0 aliphatic carbocycles. The highest BCUT2D eigenvalue weighted by molar-refractivity contribution is 5.79. The molecule has 1 amide bonds. The Morgan fingerprint density at radius 2 is 2.19 bits per heavy atom. The SMILES string of the molecule is Cc1cn(C)c([C@@H]2CN(C(=O)CCn3ncc4ccccc43)CCO2)n1. The lowest BCUT2D eigenvalue weighted by Crippen LogP contribution is -2.43. The average Bonchev–Trinajstić information content (AvgIpc) is 3.22. The predicted molar refractivity (Wildman–Crippen MR) is 97.6 cm³/mol. The van der Waals surface area contributed by atoms with Crippen molar-refractivity contribution in [2.45, 2.75) is 26.0 Å². The Morgan fingerprint density at radius 3 is 3.00 bits per heavy atom. The molecule has 1 fully saturated rings. The molecule has 1 aromatic carbocycles. The van der Waals surface area contributed by atoms with Gasteiger partial charge in [-0.05, 0) is 13.0 Å². The van der Waals surface area contributed by atoms with Crippen LogP contribution in [-0.2, 0) is 23.1 Å². The molecule has 0 unspecified atom stereocenters. The first kappa shape index (κ1) is 16.8. The molecule has 7 nitrogen and oxygen atoms in total. The van der Waals surface area contributed by atoms with Crippen molar-refractivity contribution in [1.29, 1.82) is 0 Å². The maximum absolute atomic E-state index is 12.7. The number of para-hydroxylation sites is 1. The third-order valence-electron chi connectivity index (χ3n) is 4.83. The summed E-state index contributed by atoms with van der Waals surface area (Å²) in [6, 6.07) is 8.04. The smallest absolute Gasteiger partial charge is 0.224 e. The van der Waals surface area contributed by atoms with E-state index < -0.39 is 0 Å². The van der Waals surface area contributed by atoms with Crippen molar-refractivity contribution in [1.82, 2.24) is 24.2 Å². The lowest BCUT2D eigenvalue weighted by molar-refractivity contribution is -0.139. The average molecular weight is 353 g/mol. The molecule has 0 saturated carbocycles. The number of rotatable bonds is 4. The zero-order chi connectivity index (χ0) is 18.1. The molecule has 26 heavy (non-hydrogen) atoms. The second-order valence-corrected chi connectivity index (χ2v) is 6.73. The molecule has 7 heteroatoms. The Balaban J connectivity index is 1.40. The van der Waals surface area contributed by atoms with Gasteiger partial charge in [0.15, 0.2) is 0 Å². The third kappa shape index (κ3) is 3.22. The normalized spacial score (nSPS) is 17.8. The highest BCUT2D eigenvalue weighted by Gasteiger charge is 2.28. The van der Waals surface area contributed by atoms with Crippen LogP contribution in [0.1, 0.15) is 24.0 Å². The minimum atomic E-state index is -0.170. The maximum Gasteiger partial charge on any atom is 0.224 e. The number of aromatic nitrogens is 4. The van der Waals surface area contributed by atoms with Crippen LogP contribution in [0.5, 0.6) is 0 Å². The van der Waals surface area contributed by atoms with Crippen LogP contribution in [0, 0.1) is 6.92 Å². The first-order valence-corrected chi connectivity index (χ1v) is 8.91. The molecule has 0 N–H and O–H groups in total. The van der Waals surface area contributed by atoms with Crippen LogP contribution in [0.3, 0.4) is 0 Å².